The molecule has 1 aromatic heterocycles. The van der Waals surface area contributed by atoms with Gasteiger partial charge in [-0.25, -0.2) is 4.98 Å². The van der Waals surface area contributed by atoms with E-state index in [4.69, 9.17) is 10.00 Å². The number of nitrogens with one attached hydrogen (secondary N) is 1. The standard InChI is InChI=1S/C12H16N4O/c1-17-12-10(3-2-4-15-12)9-16-6-5-14-8-11(16)7-13/h2-4,11,14H,5-6,8-9H2,1H3. The minimum Gasteiger partial charge on any atom is -0.481 e. The third kappa shape index (κ3) is 2.73. The molecule has 2 rings (SSSR count). The highest BCUT2D eigenvalue weighted by Gasteiger charge is 2.22. The molecule has 1 atom stereocenters. The van der Waals surface area contributed by atoms with Crippen LogP contribution < -0.4 is 10.1 Å². The van der Waals surface area contributed by atoms with E-state index in [0.717, 1.165) is 25.2 Å². The van der Waals surface area contributed by atoms with Crippen LogP contribution in [0.5, 0.6) is 5.88 Å². The van der Waals surface area contributed by atoms with Crippen LogP contribution in [0.25, 0.3) is 0 Å². The molecule has 5 heteroatoms. The van der Waals surface area contributed by atoms with Crippen LogP contribution >= 0.6 is 0 Å². The van der Waals surface area contributed by atoms with Crippen molar-refractivity contribution in [2.45, 2.75) is 12.6 Å². The third-order valence-corrected chi connectivity index (χ3v) is 2.92. The molecule has 1 aliphatic heterocycles. The Kier molecular flexibility index (Phi) is 3.91. The molecule has 0 bridgehead atoms. The Morgan fingerprint density at radius 1 is 1.71 bits per heavy atom. The lowest BCUT2D eigenvalue weighted by molar-refractivity contribution is 0.186. The number of pyridine rings is 1. The van der Waals surface area contributed by atoms with Gasteiger partial charge in [0.2, 0.25) is 5.88 Å². The lowest BCUT2D eigenvalue weighted by Crippen LogP contribution is -2.50. The Bertz CT molecular complexity index is 415. The van der Waals surface area contributed by atoms with Crippen molar-refractivity contribution in [3.05, 3.63) is 23.9 Å². The minimum atomic E-state index is -0.0753. The van der Waals surface area contributed by atoms with Crippen molar-refractivity contribution < 1.29 is 4.74 Å². The van der Waals surface area contributed by atoms with E-state index >= 15 is 0 Å². The van der Waals surface area contributed by atoms with Crippen LogP contribution in [0.1, 0.15) is 5.56 Å². The average molecular weight is 232 g/mol. The first-order valence-electron chi connectivity index (χ1n) is 5.67. The highest BCUT2D eigenvalue weighted by molar-refractivity contribution is 5.25. The second kappa shape index (κ2) is 5.62. The summed E-state index contributed by atoms with van der Waals surface area (Å²) in [4.78, 5) is 6.31. The van der Waals surface area contributed by atoms with Crippen molar-refractivity contribution in [1.29, 1.82) is 5.26 Å². The summed E-state index contributed by atoms with van der Waals surface area (Å²) in [6, 6.07) is 6.12. The summed E-state index contributed by atoms with van der Waals surface area (Å²) >= 11 is 0. The van der Waals surface area contributed by atoms with Gasteiger partial charge in [0.25, 0.3) is 0 Å². The number of aromatic nitrogens is 1. The Hall–Kier alpha value is -1.64. The summed E-state index contributed by atoms with van der Waals surface area (Å²) in [5.41, 5.74) is 1.03. The first-order chi connectivity index (χ1) is 8.35. The van der Waals surface area contributed by atoms with Crippen molar-refractivity contribution >= 4 is 0 Å². The van der Waals surface area contributed by atoms with Gasteiger partial charge in [-0.2, -0.15) is 5.26 Å². The second-order valence-corrected chi connectivity index (χ2v) is 3.99. The molecule has 0 aromatic carbocycles. The Morgan fingerprint density at radius 2 is 2.59 bits per heavy atom. The Balaban J connectivity index is 2.11. The molecule has 1 saturated heterocycles. The molecule has 5 nitrogen and oxygen atoms in total. The average Bonchev–Trinajstić information content (AvgIpc) is 2.40. The van der Waals surface area contributed by atoms with Crippen LogP contribution in [-0.2, 0) is 6.54 Å². The van der Waals surface area contributed by atoms with Gasteiger partial charge >= 0.3 is 0 Å². The SMILES string of the molecule is COc1ncccc1CN1CCNCC1C#N. The van der Waals surface area contributed by atoms with E-state index in [0.29, 0.717) is 12.4 Å². The van der Waals surface area contributed by atoms with Gasteiger partial charge in [0.15, 0.2) is 0 Å². The fourth-order valence-corrected chi connectivity index (χ4v) is 2.01. The number of hydrogen-bond acceptors (Lipinski definition) is 5. The molecule has 0 spiro atoms. The molecule has 1 aromatic rings. The van der Waals surface area contributed by atoms with Gasteiger partial charge in [0.1, 0.15) is 6.04 Å². The van der Waals surface area contributed by atoms with E-state index in [1.807, 2.05) is 12.1 Å². The quantitative estimate of drug-likeness (QED) is 0.816. The van der Waals surface area contributed by atoms with Gasteiger partial charge in [-0.3, -0.25) is 4.90 Å². The lowest BCUT2D eigenvalue weighted by Gasteiger charge is -2.31. The predicted molar refractivity (Wildman–Crippen MR) is 63.5 cm³/mol. The second-order valence-electron chi connectivity index (χ2n) is 3.99. The van der Waals surface area contributed by atoms with Crippen LogP contribution in [0.3, 0.4) is 0 Å². The topological polar surface area (TPSA) is 61.2 Å². The molecule has 1 N–H and O–H groups in total. The summed E-state index contributed by atoms with van der Waals surface area (Å²) in [6.45, 7) is 3.22. The number of methoxy groups -OCH3 is 1. The van der Waals surface area contributed by atoms with Gasteiger partial charge < -0.3 is 10.1 Å². The zero-order valence-corrected chi connectivity index (χ0v) is 9.89. The van der Waals surface area contributed by atoms with Crippen molar-refractivity contribution in [3.8, 4) is 11.9 Å². The first-order valence-corrected chi connectivity index (χ1v) is 5.67. The Morgan fingerprint density at radius 3 is 3.35 bits per heavy atom. The molecular weight excluding hydrogens is 216 g/mol. The van der Waals surface area contributed by atoms with Crippen molar-refractivity contribution in [3.63, 3.8) is 0 Å². The molecule has 17 heavy (non-hydrogen) atoms. The normalized spacial score (nSPS) is 20.8. The van der Waals surface area contributed by atoms with Crippen LogP contribution in [0, 0.1) is 11.3 Å². The van der Waals surface area contributed by atoms with Crippen LogP contribution in [0.15, 0.2) is 18.3 Å². The third-order valence-electron chi connectivity index (χ3n) is 2.92. The molecule has 0 saturated carbocycles. The van der Waals surface area contributed by atoms with Crippen molar-refractivity contribution in [2.75, 3.05) is 26.7 Å². The molecule has 2 heterocycles. The van der Waals surface area contributed by atoms with Crippen LogP contribution in [0.2, 0.25) is 0 Å². The van der Waals surface area contributed by atoms with Gasteiger partial charge in [-0.1, -0.05) is 6.07 Å². The monoisotopic (exact) mass is 232 g/mol. The molecule has 0 amide bonds. The van der Waals surface area contributed by atoms with Crippen molar-refractivity contribution in [1.82, 2.24) is 15.2 Å². The minimum absolute atomic E-state index is 0.0753. The molecule has 1 aliphatic rings. The summed E-state index contributed by atoms with van der Waals surface area (Å²) in [5, 5.41) is 12.3. The summed E-state index contributed by atoms with van der Waals surface area (Å²) in [5.74, 6) is 0.641. The van der Waals surface area contributed by atoms with Gasteiger partial charge in [0, 0.05) is 37.9 Å². The van der Waals surface area contributed by atoms with Crippen LogP contribution in [0.4, 0.5) is 0 Å². The zero-order valence-electron chi connectivity index (χ0n) is 9.89. The molecule has 90 valence electrons. The largest absolute Gasteiger partial charge is 0.481 e. The van der Waals surface area contributed by atoms with E-state index in [1.165, 1.54) is 0 Å². The van der Waals surface area contributed by atoms with Gasteiger partial charge in [-0.15, -0.1) is 0 Å². The van der Waals surface area contributed by atoms with Crippen LogP contribution in [-0.4, -0.2) is 42.7 Å². The fraction of sp³-hybridized carbons (Fsp3) is 0.500. The molecule has 1 fully saturated rings. The fourth-order valence-electron chi connectivity index (χ4n) is 2.01. The summed E-state index contributed by atoms with van der Waals surface area (Å²) in [7, 11) is 1.62. The molecule has 0 aliphatic carbocycles. The van der Waals surface area contributed by atoms with Gasteiger partial charge in [-0.05, 0) is 6.07 Å². The van der Waals surface area contributed by atoms with E-state index < -0.39 is 0 Å². The van der Waals surface area contributed by atoms with E-state index in [-0.39, 0.29) is 6.04 Å². The van der Waals surface area contributed by atoms with E-state index in [1.54, 1.807) is 13.3 Å². The maximum Gasteiger partial charge on any atom is 0.217 e. The molecule has 0 radical (unpaired) electrons. The summed E-state index contributed by atoms with van der Waals surface area (Å²) in [6.07, 6.45) is 1.71. The number of rotatable bonds is 3. The molecule has 1 unspecified atom stereocenters. The maximum absolute atomic E-state index is 9.09. The molecular formula is C12H16N4O. The van der Waals surface area contributed by atoms with Crippen molar-refractivity contribution in [2.24, 2.45) is 0 Å². The summed E-state index contributed by atoms with van der Waals surface area (Å²) < 4.78 is 5.22. The highest BCUT2D eigenvalue weighted by Crippen LogP contribution is 2.17. The first kappa shape index (κ1) is 11.8. The highest BCUT2D eigenvalue weighted by atomic mass is 16.5. The number of ether oxygens (including phenoxy) is 1. The maximum atomic E-state index is 9.09. The predicted octanol–water partition coefficient (Wildman–Crippen LogP) is 0.388. The number of nitriles is 1. The Labute approximate surface area is 101 Å². The smallest absolute Gasteiger partial charge is 0.217 e. The number of nitrogens with zero attached hydrogens (tertiary/aromatic N) is 3. The zero-order chi connectivity index (χ0) is 12.1. The lowest BCUT2D eigenvalue weighted by atomic mass is 10.1. The van der Waals surface area contributed by atoms with Gasteiger partial charge in [0.05, 0.1) is 13.2 Å². The van der Waals surface area contributed by atoms with E-state index in [9.17, 15) is 0 Å². The number of piperazine rings is 1. The number of hydrogen-bond donors (Lipinski definition) is 1. The van der Waals surface area contributed by atoms with E-state index in [2.05, 4.69) is 21.3 Å².